The van der Waals surface area contributed by atoms with Crippen LogP contribution in [0.25, 0.3) is 0 Å². The molecule has 0 aliphatic rings. The molecule has 1 aromatic rings. The zero-order valence-corrected chi connectivity index (χ0v) is 12.4. The summed E-state index contributed by atoms with van der Waals surface area (Å²) in [6, 6.07) is 8.99. The van der Waals surface area contributed by atoms with E-state index < -0.39 is 0 Å². The van der Waals surface area contributed by atoms with Crippen LogP contribution >= 0.6 is 22.6 Å². The van der Waals surface area contributed by atoms with E-state index in [0.717, 1.165) is 6.42 Å². The Kier molecular flexibility index (Phi) is 5.72. The lowest BCUT2D eigenvalue weighted by molar-refractivity contribution is 0.299. The molecule has 2 unspecified atom stereocenters. The van der Waals surface area contributed by atoms with E-state index in [1.165, 1.54) is 9.13 Å². The minimum atomic E-state index is 0.347. The predicted molar refractivity (Wildman–Crippen MR) is 78.0 cm³/mol. The highest BCUT2D eigenvalue weighted by Crippen LogP contribution is 2.18. The van der Waals surface area contributed by atoms with Gasteiger partial charge in [-0.05, 0) is 58.5 Å². The Morgan fingerprint density at radius 1 is 1.19 bits per heavy atom. The van der Waals surface area contributed by atoms with Crippen molar-refractivity contribution in [3.8, 4) is 0 Å². The van der Waals surface area contributed by atoms with Gasteiger partial charge in [0, 0.05) is 9.61 Å². The molecular formula is C13H21IN2. The van der Waals surface area contributed by atoms with Crippen molar-refractivity contribution in [1.29, 1.82) is 0 Å². The largest absolute Gasteiger partial charge is 0.271 e. The lowest BCUT2D eigenvalue weighted by Crippen LogP contribution is -2.43. The highest BCUT2D eigenvalue weighted by atomic mass is 127. The summed E-state index contributed by atoms with van der Waals surface area (Å²) >= 11 is 2.32. The van der Waals surface area contributed by atoms with Crippen molar-refractivity contribution < 1.29 is 0 Å². The average Bonchev–Trinajstić information content (AvgIpc) is 2.27. The van der Waals surface area contributed by atoms with E-state index in [1.54, 1.807) is 0 Å². The fourth-order valence-corrected chi connectivity index (χ4v) is 2.10. The van der Waals surface area contributed by atoms with Gasteiger partial charge in [0.15, 0.2) is 0 Å². The van der Waals surface area contributed by atoms with Gasteiger partial charge in [-0.1, -0.05) is 32.9 Å². The molecule has 1 aromatic carbocycles. The summed E-state index contributed by atoms with van der Waals surface area (Å²) < 4.78 is 1.27. The smallest absolute Gasteiger partial charge is 0.0278 e. The molecule has 0 spiro atoms. The Morgan fingerprint density at radius 3 is 2.19 bits per heavy atom. The van der Waals surface area contributed by atoms with Crippen molar-refractivity contribution in [2.24, 2.45) is 17.7 Å². The Labute approximate surface area is 112 Å². The predicted octanol–water partition coefficient (Wildman–Crippen LogP) is 2.96. The second-order valence-electron chi connectivity index (χ2n) is 4.71. The molecular weight excluding hydrogens is 311 g/mol. The number of benzene rings is 1. The van der Waals surface area contributed by atoms with Crippen molar-refractivity contribution in [2.45, 2.75) is 33.2 Å². The van der Waals surface area contributed by atoms with Gasteiger partial charge in [0.25, 0.3) is 0 Å². The maximum atomic E-state index is 5.64. The summed E-state index contributed by atoms with van der Waals surface area (Å²) in [5.74, 6) is 6.85. The van der Waals surface area contributed by atoms with Crippen molar-refractivity contribution in [3.63, 3.8) is 0 Å². The third-order valence-corrected chi connectivity index (χ3v) is 3.99. The first kappa shape index (κ1) is 13.9. The number of hydrazine groups is 1. The summed E-state index contributed by atoms with van der Waals surface area (Å²) in [4.78, 5) is 0. The zero-order valence-electron chi connectivity index (χ0n) is 10.2. The van der Waals surface area contributed by atoms with Gasteiger partial charge in [-0.15, -0.1) is 0 Å². The van der Waals surface area contributed by atoms with E-state index in [0.29, 0.717) is 17.9 Å². The third-order valence-electron chi connectivity index (χ3n) is 3.27. The van der Waals surface area contributed by atoms with Crippen molar-refractivity contribution in [3.05, 3.63) is 33.4 Å². The molecule has 90 valence electrons. The number of hydrogen-bond donors (Lipinski definition) is 2. The van der Waals surface area contributed by atoms with Crippen LogP contribution in [0.4, 0.5) is 0 Å². The molecule has 0 radical (unpaired) electrons. The number of nitrogens with one attached hydrogen (secondary N) is 1. The van der Waals surface area contributed by atoms with Crippen LogP contribution in [0.1, 0.15) is 26.3 Å². The van der Waals surface area contributed by atoms with Crippen LogP contribution in [0.2, 0.25) is 0 Å². The molecule has 2 atom stereocenters. The topological polar surface area (TPSA) is 38.0 Å². The summed E-state index contributed by atoms with van der Waals surface area (Å²) in [5, 5.41) is 0. The molecule has 0 bridgehead atoms. The van der Waals surface area contributed by atoms with Gasteiger partial charge in [0.2, 0.25) is 0 Å². The molecule has 0 aliphatic heterocycles. The molecule has 0 saturated heterocycles. The first-order chi connectivity index (χ1) is 7.54. The quantitative estimate of drug-likeness (QED) is 0.494. The standard InChI is InChI=1S/C13H21IN2/c1-9(2)10(3)13(16-15)8-11-4-6-12(14)7-5-11/h4-7,9-10,13,16H,8,15H2,1-3H3. The fourth-order valence-electron chi connectivity index (χ4n) is 1.74. The molecule has 0 amide bonds. The Balaban J connectivity index is 2.66. The van der Waals surface area contributed by atoms with Crippen LogP contribution in [0.15, 0.2) is 24.3 Å². The van der Waals surface area contributed by atoms with Gasteiger partial charge in [0.05, 0.1) is 0 Å². The van der Waals surface area contributed by atoms with Gasteiger partial charge in [-0.25, -0.2) is 0 Å². The van der Waals surface area contributed by atoms with Gasteiger partial charge in [-0.2, -0.15) is 0 Å². The fraction of sp³-hybridized carbons (Fsp3) is 0.538. The normalized spacial score (nSPS) is 15.1. The highest BCUT2D eigenvalue weighted by molar-refractivity contribution is 14.1. The van der Waals surface area contributed by atoms with Crippen LogP contribution in [0.5, 0.6) is 0 Å². The van der Waals surface area contributed by atoms with Gasteiger partial charge in [-0.3, -0.25) is 11.3 Å². The van der Waals surface area contributed by atoms with Crippen LogP contribution in [0.3, 0.4) is 0 Å². The van der Waals surface area contributed by atoms with Crippen molar-refractivity contribution >= 4 is 22.6 Å². The summed E-state index contributed by atoms with van der Waals surface area (Å²) in [6.45, 7) is 6.73. The molecule has 3 N–H and O–H groups in total. The van der Waals surface area contributed by atoms with Gasteiger partial charge < -0.3 is 0 Å². The Hall–Kier alpha value is -0.130. The van der Waals surface area contributed by atoms with Crippen molar-refractivity contribution in [2.75, 3.05) is 0 Å². The highest BCUT2D eigenvalue weighted by Gasteiger charge is 2.19. The second-order valence-corrected chi connectivity index (χ2v) is 5.95. The minimum absolute atomic E-state index is 0.347. The molecule has 1 rings (SSSR count). The van der Waals surface area contributed by atoms with E-state index in [4.69, 9.17) is 5.84 Å². The van der Waals surface area contributed by atoms with Crippen LogP contribution in [-0.2, 0) is 6.42 Å². The number of hydrogen-bond acceptors (Lipinski definition) is 2. The van der Waals surface area contributed by atoms with E-state index in [1.807, 2.05) is 0 Å². The van der Waals surface area contributed by atoms with Gasteiger partial charge in [0.1, 0.15) is 0 Å². The first-order valence-electron chi connectivity index (χ1n) is 5.75. The van der Waals surface area contributed by atoms with E-state index in [-0.39, 0.29) is 0 Å². The number of nitrogens with two attached hydrogens (primary N) is 1. The number of halogens is 1. The third kappa shape index (κ3) is 4.03. The monoisotopic (exact) mass is 332 g/mol. The first-order valence-corrected chi connectivity index (χ1v) is 6.83. The lowest BCUT2D eigenvalue weighted by atomic mass is 9.87. The zero-order chi connectivity index (χ0) is 12.1. The van der Waals surface area contributed by atoms with Gasteiger partial charge >= 0.3 is 0 Å². The molecule has 0 aliphatic carbocycles. The average molecular weight is 332 g/mol. The van der Waals surface area contributed by atoms with Crippen LogP contribution in [0, 0.1) is 15.4 Å². The van der Waals surface area contributed by atoms with E-state index in [2.05, 4.69) is 73.1 Å². The molecule has 3 heteroatoms. The summed E-state index contributed by atoms with van der Waals surface area (Å²) in [6.07, 6.45) is 0.993. The lowest BCUT2D eigenvalue weighted by Gasteiger charge is -2.26. The Morgan fingerprint density at radius 2 is 1.75 bits per heavy atom. The maximum Gasteiger partial charge on any atom is 0.0278 e. The molecule has 16 heavy (non-hydrogen) atoms. The van der Waals surface area contributed by atoms with E-state index in [9.17, 15) is 0 Å². The summed E-state index contributed by atoms with van der Waals surface area (Å²) in [5.41, 5.74) is 4.29. The second kappa shape index (κ2) is 6.57. The molecule has 0 heterocycles. The SMILES string of the molecule is CC(C)C(C)C(Cc1ccc(I)cc1)NN. The summed E-state index contributed by atoms with van der Waals surface area (Å²) in [7, 11) is 0. The van der Waals surface area contributed by atoms with E-state index >= 15 is 0 Å². The molecule has 0 fully saturated rings. The van der Waals surface area contributed by atoms with Crippen LogP contribution in [-0.4, -0.2) is 6.04 Å². The number of rotatable bonds is 5. The molecule has 0 saturated carbocycles. The molecule has 0 aromatic heterocycles. The maximum absolute atomic E-state index is 5.64. The van der Waals surface area contributed by atoms with Crippen LogP contribution < -0.4 is 11.3 Å². The molecule has 2 nitrogen and oxygen atoms in total. The van der Waals surface area contributed by atoms with Crippen molar-refractivity contribution in [1.82, 2.24) is 5.43 Å². The Bertz CT molecular complexity index is 308. The minimum Gasteiger partial charge on any atom is -0.271 e.